The first kappa shape index (κ1) is 12.3. The SMILES string of the molecule is CI(C)c1ccccc1C(=O)c1ccccc1. The van der Waals surface area contributed by atoms with Crippen molar-refractivity contribution in [1.82, 2.24) is 0 Å². The summed E-state index contributed by atoms with van der Waals surface area (Å²) >= 11 is -1.14. The van der Waals surface area contributed by atoms with Crippen LogP contribution in [-0.2, 0) is 0 Å². The van der Waals surface area contributed by atoms with Gasteiger partial charge in [-0.1, -0.05) is 0 Å². The molecule has 0 saturated carbocycles. The van der Waals surface area contributed by atoms with Gasteiger partial charge in [-0.15, -0.1) is 0 Å². The minimum atomic E-state index is -1.14. The number of rotatable bonds is 3. The fourth-order valence-corrected chi connectivity index (χ4v) is 4.23. The standard InChI is InChI=1S/C15H15IO/c1-16(2)14-11-7-6-10-13(14)15(17)12-8-4-3-5-9-12/h3-11H,1-2H3. The second-order valence-corrected chi connectivity index (χ2v) is 9.41. The van der Waals surface area contributed by atoms with Crippen LogP contribution in [0, 0.1) is 3.57 Å². The average molecular weight is 338 g/mol. The van der Waals surface area contributed by atoms with E-state index in [4.69, 9.17) is 0 Å². The first-order valence-electron chi connectivity index (χ1n) is 5.39. The van der Waals surface area contributed by atoms with E-state index in [1.54, 1.807) is 0 Å². The molecular weight excluding hydrogens is 323 g/mol. The van der Waals surface area contributed by atoms with Gasteiger partial charge in [0.25, 0.3) is 0 Å². The van der Waals surface area contributed by atoms with Gasteiger partial charge >= 0.3 is 110 Å². The molecule has 0 aliphatic carbocycles. The Labute approximate surface area is 109 Å². The number of ketones is 1. The molecule has 2 aromatic rings. The zero-order valence-electron chi connectivity index (χ0n) is 9.98. The average Bonchev–Trinajstić information content (AvgIpc) is 2.39. The van der Waals surface area contributed by atoms with Crippen LogP contribution >= 0.6 is 19.8 Å². The monoisotopic (exact) mass is 338 g/mol. The Morgan fingerprint density at radius 3 is 2.12 bits per heavy atom. The van der Waals surface area contributed by atoms with Gasteiger partial charge in [0.15, 0.2) is 0 Å². The zero-order valence-corrected chi connectivity index (χ0v) is 12.1. The Balaban J connectivity index is 2.45. The van der Waals surface area contributed by atoms with Crippen LogP contribution in [0.25, 0.3) is 0 Å². The topological polar surface area (TPSA) is 17.1 Å². The predicted octanol–water partition coefficient (Wildman–Crippen LogP) is 3.85. The van der Waals surface area contributed by atoms with Gasteiger partial charge in [0.1, 0.15) is 0 Å². The molecule has 0 saturated heterocycles. The maximum atomic E-state index is 12.4. The van der Waals surface area contributed by atoms with Crippen molar-refractivity contribution in [3.63, 3.8) is 0 Å². The molecule has 0 bridgehead atoms. The Hall–Kier alpha value is -1.16. The van der Waals surface area contributed by atoms with E-state index in [1.807, 2.05) is 48.5 Å². The molecule has 2 aromatic carbocycles. The molecule has 0 fully saturated rings. The predicted molar refractivity (Wildman–Crippen MR) is 80.9 cm³/mol. The van der Waals surface area contributed by atoms with Crippen molar-refractivity contribution < 1.29 is 4.79 Å². The van der Waals surface area contributed by atoms with Gasteiger partial charge < -0.3 is 0 Å². The number of alkyl halides is 2. The van der Waals surface area contributed by atoms with Crippen LogP contribution in [0.4, 0.5) is 0 Å². The number of hydrogen-bond donors (Lipinski definition) is 0. The second-order valence-electron chi connectivity index (χ2n) is 3.93. The molecular formula is C15H15IO. The Bertz CT molecular complexity index is 517. The fraction of sp³-hybridized carbons (Fsp3) is 0.133. The first-order valence-corrected chi connectivity index (χ1v) is 10.8. The summed E-state index contributed by atoms with van der Waals surface area (Å²) in [4.78, 5) is 16.9. The van der Waals surface area contributed by atoms with Crippen molar-refractivity contribution in [1.29, 1.82) is 0 Å². The third kappa shape index (κ3) is 2.75. The second kappa shape index (κ2) is 5.45. The molecule has 0 amide bonds. The molecule has 0 unspecified atom stereocenters. The van der Waals surface area contributed by atoms with E-state index in [-0.39, 0.29) is 5.78 Å². The van der Waals surface area contributed by atoms with Gasteiger partial charge in [-0.05, 0) is 0 Å². The summed E-state index contributed by atoms with van der Waals surface area (Å²) in [5, 5.41) is 0. The van der Waals surface area contributed by atoms with E-state index >= 15 is 0 Å². The van der Waals surface area contributed by atoms with Crippen LogP contribution in [0.2, 0.25) is 0 Å². The number of benzene rings is 2. The molecule has 0 radical (unpaired) electrons. The molecule has 1 nitrogen and oxygen atoms in total. The Kier molecular flexibility index (Phi) is 3.94. The van der Waals surface area contributed by atoms with Crippen LogP contribution in [0.1, 0.15) is 15.9 Å². The van der Waals surface area contributed by atoms with Gasteiger partial charge in [0.05, 0.1) is 0 Å². The normalized spacial score (nSPS) is 11.1. The van der Waals surface area contributed by atoms with Crippen molar-refractivity contribution in [2.75, 3.05) is 9.86 Å². The van der Waals surface area contributed by atoms with E-state index in [0.717, 1.165) is 11.1 Å². The van der Waals surface area contributed by atoms with Crippen LogP contribution in [0.3, 0.4) is 0 Å². The van der Waals surface area contributed by atoms with Gasteiger partial charge in [0.2, 0.25) is 0 Å². The third-order valence-corrected chi connectivity index (χ3v) is 5.83. The molecule has 17 heavy (non-hydrogen) atoms. The Morgan fingerprint density at radius 2 is 1.47 bits per heavy atom. The molecule has 0 spiro atoms. The summed E-state index contributed by atoms with van der Waals surface area (Å²) in [6.07, 6.45) is 0. The summed E-state index contributed by atoms with van der Waals surface area (Å²) < 4.78 is 1.27. The molecule has 0 heterocycles. The van der Waals surface area contributed by atoms with Crippen molar-refractivity contribution in [2.24, 2.45) is 0 Å². The molecule has 0 aliphatic rings. The number of hydrogen-bond acceptors (Lipinski definition) is 1. The first-order chi connectivity index (χ1) is 8.20. The van der Waals surface area contributed by atoms with Crippen LogP contribution < -0.4 is 0 Å². The number of carbonyl (C=O) groups excluding carboxylic acids is 1. The molecule has 0 aromatic heterocycles. The molecule has 88 valence electrons. The number of carbonyl (C=O) groups is 1. The van der Waals surface area contributed by atoms with Crippen molar-refractivity contribution in [3.8, 4) is 0 Å². The number of halogens is 1. The molecule has 0 aliphatic heterocycles. The van der Waals surface area contributed by atoms with Crippen LogP contribution in [-0.4, -0.2) is 15.6 Å². The summed E-state index contributed by atoms with van der Waals surface area (Å²) in [7, 11) is 0. The molecule has 2 heteroatoms. The molecule has 0 atom stereocenters. The fourth-order valence-electron chi connectivity index (χ4n) is 1.72. The Morgan fingerprint density at radius 1 is 0.882 bits per heavy atom. The molecule has 0 N–H and O–H groups in total. The summed E-state index contributed by atoms with van der Waals surface area (Å²) in [6, 6.07) is 17.5. The molecule has 2 rings (SSSR count). The van der Waals surface area contributed by atoms with Gasteiger partial charge in [-0.25, -0.2) is 0 Å². The van der Waals surface area contributed by atoms with E-state index in [1.165, 1.54) is 3.57 Å². The van der Waals surface area contributed by atoms with E-state index in [9.17, 15) is 4.79 Å². The minimum absolute atomic E-state index is 0.146. The van der Waals surface area contributed by atoms with E-state index in [0.29, 0.717) is 0 Å². The van der Waals surface area contributed by atoms with E-state index < -0.39 is 19.8 Å². The quantitative estimate of drug-likeness (QED) is 0.472. The van der Waals surface area contributed by atoms with Crippen LogP contribution in [0.15, 0.2) is 54.6 Å². The summed E-state index contributed by atoms with van der Waals surface area (Å²) in [5.41, 5.74) is 1.66. The van der Waals surface area contributed by atoms with E-state index in [2.05, 4.69) is 15.9 Å². The van der Waals surface area contributed by atoms with Crippen molar-refractivity contribution >= 4 is 25.6 Å². The van der Waals surface area contributed by atoms with Crippen LogP contribution in [0.5, 0.6) is 0 Å². The summed E-state index contributed by atoms with van der Waals surface area (Å²) in [6.45, 7) is 0. The van der Waals surface area contributed by atoms with Crippen molar-refractivity contribution in [2.45, 2.75) is 0 Å². The summed E-state index contributed by atoms with van der Waals surface area (Å²) in [5.74, 6) is 0.146. The van der Waals surface area contributed by atoms with Gasteiger partial charge in [-0.3, -0.25) is 0 Å². The zero-order chi connectivity index (χ0) is 12.3. The maximum absolute atomic E-state index is 12.4. The van der Waals surface area contributed by atoms with Gasteiger partial charge in [-0.2, -0.15) is 0 Å². The third-order valence-electron chi connectivity index (χ3n) is 2.56. The van der Waals surface area contributed by atoms with Gasteiger partial charge in [0, 0.05) is 0 Å². The van der Waals surface area contributed by atoms with Crippen molar-refractivity contribution in [3.05, 3.63) is 69.3 Å².